The van der Waals surface area contributed by atoms with Crippen LogP contribution in [0.15, 0.2) is 12.2 Å². The van der Waals surface area contributed by atoms with Gasteiger partial charge in [-0.15, -0.1) is 0 Å². The van der Waals surface area contributed by atoms with Crippen LogP contribution in [0, 0.1) is 17.8 Å². The molecule has 0 aromatic carbocycles. The lowest BCUT2D eigenvalue weighted by atomic mass is 9.91. The zero-order valence-corrected chi connectivity index (χ0v) is 9.57. The first kappa shape index (κ1) is 11.7. The Kier molecular flexibility index (Phi) is 4.63. The minimum Gasteiger partial charge on any atom is -0.383 e. The molecule has 2 heteroatoms. The summed E-state index contributed by atoms with van der Waals surface area (Å²) in [5, 5.41) is 0. The molecule has 1 aliphatic carbocycles. The molecule has 2 N–H and O–H groups in total. The van der Waals surface area contributed by atoms with Crippen molar-refractivity contribution in [3.63, 3.8) is 0 Å². The molecule has 14 heavy (non-hydrogen) atoms. The molecule has 1 aliphatic rings. The Labute approximate surface area is 87.5 Å². The van der Waals surface area contributed by atoms with Gasteiger partial charge in [0, 0.05) is 13.2 Å². The van der Waals surface area contributed by atoms with Gasteiger partial charge in [0.05, 0.1) is 6.61 Å². The molecule has 1 saturated carbocycles. The number of rotatable bonds is 4. The van der Waals surface area contributed by atoms with Crippen LogP contribution in [-0.4, -0.2) is 19.8 Å². The Morgan fingerprint density at radius 2 is 1.93 bits per heavy atom. The Hall–Kier alpha value is -0.340. The SMILES string of the molecule is COCC(N)/C=C/C1C(C)CCC1C. The Morgan fingerprint density at radius 1 is 1.36 bits per heavy atom. The van der Waals surface area contributed by atoms with E-state index in [1.807, 2.05) is 0 Å². The van der Waals surface area contributed by atoms with E-state index in [4.69, 9.17) is 10.5 Å². The van der Waals surface area contributed by atoms with Crippen molar-refractivity contribution in [2.24, 2.45) is 23.5 Å². The summed E-state index contributed by atoms with van der Waals surface area (Å²) >= 11 is 0. The zero-order chi connectivity index (χ0) is 10.6. The van der Waals surface area contributed by atoms with Crippen LogP contribution in [0.25, 0.3) is 0 Å². The van der Waals surface area contributed by atoms with Crippen LogP contribution in [0.5, 0.6) is 0 Å². The fourth-order valence-corrected chi connectivity index (χ4v) is 2.37. The maximum atomic E-state index is 5.84. The van der Waals surface area contributed by atoms with E-state index in [1.165, 1.54) is 12.8 Å². The van der Waals surface area contributed by atoms with E-state index in [2.05, 4.69) is 26.0 Å². The number of hydrogen-bond acceptors (Lipinski definition) is 2. The first-order chi connectivity index (χ1) is 6.65. The molecule has 0 saturated heterocycles. The highest BCUT2D eigenvalue weighted by molar-refractivity contribution is 5.00. The van der Waals surface area contributed by atoms with Gasteiger partial charge in [0.1, 0.15) is 0 Å². The normalized spacial score (nSPS) is 35.3. The first-order valence-corrected chi connectivity index (χ1v) is 5.58. The monoisotopic (exact) mass is 197 g/mol. The van der Waals surface area contributed by atoms with E-state index in [0.29, 0.717) is 6.61 Å². The molecule has 0 amide bonds. The molecule has 0 radical (unpaired) electrons. The highest BCUT2D eigenvalue weighted by atomic mass is 16.5. The number of allylic oxidation sites excluding steroid dienone is 1. The van der Waals surface area contributed by atoms with Crippen LogP contribution in [-0.2, 0) is 4.74 Å². The van der Waals surface area contributed by atoms with Gasteiger partial charge in [-0.2, -0.15) is 0 Å². The summed E-state index contributed by atoms with van der Waals surface area (Å²) in [7, 11) is 1.69. The summed E-state index contributed by atoms with van der Waals surface area (Å²) in [6.45, 7) is 5.28. The highest BCUT2D eigenvalue weighted by Crippen LogP contribution is 2.37. The van der Waals surface area contributed by atoms with Gasteiger partial charge in [-0.25, -0.2) is 0 Å². The maximum Gasteiger partial charge on any atom is 0.0649 e. The van der Waals surface area contributed by atoms with E-state index < -0.39 is 0 Å². The average molecular weight is 197 g/mol. The van der Waals surface area contributed by atoms with Crippen LogP contribution < -0.4 is 5.73 Å². The van der Waals surface area contributed by atoms with E-state index in [-0.39, 0.29) is 6.04 Å². The fourth-order valence-electron chi connectivity index (χ4n) is 2.37. The summed E-state index contributed by atoms with van der Waals surface area (Å²) in [6, 6.07) is 0.0556. The summed E-state index contributed by atoms with van der Waals surface area (Å²) < 4.78 is 5.00. The molecular formula is C12H23NO. The Bertz CT molecular complexity index is 181. The Morgan fingerprint density at radius 3 is 2.43 bits per heavy atom. The number of nitrogens with two attached hydrogens (primary N) is 1. The second kappa shape index (κ2) is 5.52. The van der Waals surface area contributed by atoms with Gasteiger partial charge in [-0.3, -0.25) is 0 Å². The standard InChI is InChI=1S/C12H23NO/c1-9-4-5-10(2)12(9)7-6-11(13)8-14-3/h6-7,9-12H,4-5,8,13H2,1-3H3/b7-6+. The number of hydrogen-bond donors (Lipinski definition) is 1. The highest BCUT2D eigenvalue weighted by Gasteiger charge is 2.27. The minimum absolute atomic E-state index is 0.0556. The Balaban J connectivity index is 2.41. The lowest BCUT2D eigenvalue weighted by Crippen LogP contribution is -2.23. The summed E-state index contributed by atoms with van der Waals surface area (Å²) in [6.07, 6.45) is 7.11. The molecular weight excluding hydrogens is 174 g/mol. The molecule has 0 spiro atoms. The van der Waals surface area contributed by atoms with Gasteiger partial charge in [0.2, 0.25) is 0 Å². The largest absolute Gasteiger partial charge is 0.383 e. The van der Waals surface area contributed by atoms with E-state index in [1.54, 1.807) is 7.11 Å². The number of ether oxygens (including phenoxy) is 1. The van der Waals surface area contributed by atoms with Crippen molar-refractivity contribution in [2.45, 2.75) is 32.7 Å². The number of methoxy groups -OCH3 is 1. The minimum atomic E-state index is 0.0556. The molecule has 2 nitrogen and oxygen atoms in total. The van der Waals surface area contributed by atoms with Crippen LogP contribution in [0.3, 0.4) is 0 Å². The lowest BCUT2D eigenvalue weighted by molar-refractivity contribution is 0.191. The van der Waals surface area contributed by atoms with Crippen LogP contribution in [0.4, 0.5) is 0 Å². The van der Waals surface area contributed by atoms with E-state index >= 15 is 0 Å². The van der Waals surface area contributed by atoms with Crippen molar-refractivity contribution in [3.8, 4) is 0 Å². The molecule has 0 aromatic heterocycles. The van der Waals surface area contributed by atoms with Gasteiger partial charge < -0.3 is 10.5 Å². The molecule has 82 valence electrons. The topological polar surface area (TPSA) is 35.2 Å². The van der Waals surface area contributed by atoms with Crippen molar-refractivity contribution < 1.29 is 4.74 Å². The van der Waals surface area contributed by atoms with Gasteiger partial charge in [-0.1, -0.05) is 26.0 Å². The predicted octanol–water partition coefficient (Wildman–Crippen LogP) is 2.20. The van der Waals surface area contributed by atoms with Gasteiger partial charge in [-0.05, 0) is 30.6 Å². The van der Waals surface area contributed by atoms with Gasteiger partial charge in [0.15, 0.2) is 0 Å². The van der Waals surface area contributed by atoms with E-state index in [9.17, 15) is 0 Å². The molecule has 0 aliphatic heterocycles. The summed E-state index contributed by atoms with van der Waals surface area (Å²) in [5.74, 6) is 2.35. The van der Waals surface area contributed by atoms with Crippen molar-refractivity contribution >= 4 is 0 Å². The predicted molar refractivity (Wildman–Crippen MR) is 60.0 cm³/mol. The summed E-state index contributed by atoms with van der Waals surface area (Å²) in [4.78, 5) is 0. The third-order valence-corrected chi connectivity index (χ3v) is 3.33. The second-order valence-electron chi connectivity index (χ2n) is 4.61. The van der Waals surface area contributed by atoms with Crippen molar-refractivity contribution in [2.75, 3.05) is 13.7 Å². The smallest absolute Gasteiger partial charge is 0.0649 e. The van der Waals surface area contributed by atoms with Crippen molar-refractivity contribution in [1.82, 2.24) is 0 Å². The van der Waals surface area contributed by atoms with Gasteiger partial charge in [0.25, 0.3) is 0 Å². The van der Waals surface area contributed by atoms with Crippen molar-refractivity contribution in [1.29, 1.82) is 0 Å². The molecule has 3 atom stereocenters. The third-order valence-electron chi connectivity index (χ3n) is 3.33. The third kappa shape index (κ3) is 3.10. The molecule has 0 heterocycles. The van der Waals surface area contributed by atoms with Gasteiger partial charge >= 0.3 is 0 Å². The molecule has 1 fully saturated rings. The molecule has 0 bridgehead atoms. The quantitative estimate of drug-likeness (QED) is 0.701. The maximum absolute atomic E-state index is 5.84. The molecule has 3 unspecified atom stereocenters. The lowest BCUT2D eigenvalue weighted by Gasteiger charge is -2.16. The van der Waals surface area contributed by atoms with Crippen LogP contribution in [0.2, 0.25) is 0 Å². The first-order valence-electron chi connectivity index (χ1n) is 5.58. The molecule has 1 rings (SSSR count). The zero-order valence-electron chi connectivity index (χ0n) is 9.57. The second-order valence-corrected chi connectivity index (χ2v) is 4.61. The average Bonchev–Trinajstić information content (AvgIpc) is 2.44. The molecule has 0 aromatic rings. The van der Waals surface area contributed by atoms with Crippen LogP contribution >= 0.6 is 0 Å². The van der Waals surface area contributed by atoms with Crippen molar-refractivity contribution in [3.05, 3.63) is 12.2 Å². The van der Waals surface area contributed by atoms with Crippen LogP contribution in [0.1, 0.15) is 26.7 Å². The summed E-state index contributed by atoms with van der Waals surface area (Å²) in [5.41, 5.74) is 5.84. The fraction of sp³-hybridized carbons (Fsp3) is 0.833. The van der Waals surface area contributed by atoms with E-state index in [0.717, 1.165) is 17.8 Å².